The molecule has 0 radical (unpaired) electrons. The Labute approximate surface area is 259 Å². The Kier molecular flexibility index (Phi) is 8.60. The maximum atomic E-state index is 12.8. The topological polar surface area (TPSA) is 92.3 Å². The minimum Gasteiger partial charge on any atom is -0.490 e. The number of ether oxygens (including phenoxy) is 2. The molecule has 8 nitrogen and oxygen atoms in total. The van der Waals surface area contributed by atoms with Gasteiger partial charge in [0.1, 0.15) is 0 Å². The molecule has 4 aliphatic rings. The van der Waals surface area contributed by atoms with Gasteiger partial charge in [-0.25, -0.2) is 5.43 Å². The summed E-state index contributed by atoms with van der Waals surface area (Å²) in [4.78, 5) is 27.2. The first-order valence-corrected chi connectivity index (χ1v) is 15.7. The number of nitrogens with one attached hydrogen (secondary N) is 2. The molecule has 3 aromatic carbocycles. The molecule has 7 rings (SSSR count). The lowest BCUT2D eigenvalue weighted by Crippen LogP contribution is -2.48. The van der Waals surface area contributed by atoms with Crippen LogP contribution < -0.4 is 25.1 Å². The molecule has 0 aromatic heterocycles. The van der Waals surface area contributed by atoms with Crippen LogP contribution in [0.3, 0.4) is 0 Å². The summed E-state index contributed by atoms with van der Waals surface area (Å²) < 4.78 is 11.6. The summed E-state index contributed by atoms with van der Waals surface area (Å²) in [5.41, 5.74) is 7.29. The number of amides is 2. The Morgan fingerprint density at radius 2 is 1.61 bits per heavy atom. The molecular weight excluding hydrogens is 552 g/mol. The number of hydrogen-bond acceptors (Lipinski definition) is 6. The maximum absolute atomic E-state index is 12.8. The van der Waals surface area contributed by atoms with Gasteiger partial charge in [0.15, 0.2) is 18.1 Å². The number of benzene rings is 3. The van der Waals surface area contributed by atoms with E-state index in [2.05, 4.69) is 28.0 Å². The molecule has 0 aliphatic heterocycles. The van der Waals surface area contributed by atoms with E-state index in [1.165, 1.54) is 44.1 Å². The highest BCUT2D eigenvalue weighted by Crippen LogP contribution is 2.60. The summed E-state index contributed by atoms with van der Waals surface area (Å²) in [5.74, 6) is 3.12. The van der Waals surface area contributed by atoms with Gasteiger partial charge in [-0.05, 0) is 128 Å². The number of hydrogen-bond donors (Lipinski definition) is 2. The van der Waals surface area contributed by atoms with Crippen LogP contribution in [-0.2, 0) is 10.2 Å². The highest BCUT2D eigenvalue weighted by atomic mass is 16.5. The molecule has 4 fully saturated rings. The van der Waals surface area contributed by atoms with Gasteiger partial charge < -0.3 is 19.7 Å². The number of carbonyl (C=O) groups is 2. The predicted molar refractivity (Wildman–Crippen MR) is 174 cm³/mol. The lowest BCUT2D eigenvalue weighted by Gasteiger charge is -2.57. The largest absolute Gasteiger partial charge is 0.490 e. The van der Waals surface area contributed by atoms with Crippen molar-refractivity contribution in [3.8, 4) is 11.5 Å². The Hall–Kier alpha value is -4.33. The van der Waals surface area contributed by atoms with Crippen LogP contribution in [0.5, 0.6) is 11.5 Å². The van der Waals surface area contributed by atoms with Crippen molar-refractivity contribution in [2.75, 3.05) is 37.5 Å². The van der Waals surface area contributed by atoms with Crippen LogP contribution in [0.1, 0.15) is 66.9 Å². The van der Waals surface area contributed by atoms with Crippen LogP contribution in [0.2, 0.25) is 0 Å². The van der Waals surface area contributed by atoms with Crippen LogP contribution in [0.4, 0.5) is 11.4 Å². The van der Waals surface area contributed by atoms with Crippen molar-refractivity contribution in [1.82, 2.24) is 5.43 Å². The number of carbonyl (C=O) groups excluding carboxylic acids is 2. The molecule has 2 N–H and O–H groups in total. The van der Waals surface area contributed by atoms with Gasteiger partial charge in [0, 0.05) is 31.0 Å². The van der Waals surface area contributed by atoms with Gasteiger partial charge in [-0.2, -0.15) is 5.10 Å². The van der Waals surface area contributed by atoms with E-state index in [4.69, 9.17) is 9.47 Å². The molecule has 8 heteroatoms. The lowest BCUT2D eigenvalue weighted by molar-refractivity contribution is -0.118. The first-order chi connectivity index (χ1) is 21.3. The molecule has 0 spiro atoms. The average molecular weight is 595 g/mol. The first kappa shape index (κ1) is 29.7. The summed E-state index contributed by atoms with van der Waals surface area (Å²) in [6.45, 7) is 2.16. The van der Waals surface area contributed by atoms with Crippen LogP contribution in [0.15, 0.2) is 71.8 Å². The van der Waals surface area contributed by atoms with Crippen LogP contribution in [0, 0.1) is 17.8 Å². The first-order valence-electron chi connectivity index (χ1n) is 15.7. The van der Waals surface area contributed by atoms with E-state index in [0.717, 1.165) is 29.1 Å². The third kappa shape index (κ3) is 6.59. The number of nitrogens with zero attached hydrogens (tertiary/aromatic N) is 2. The maximum Gasteiger partial charge on any atom is 0.271 e. The fraction of sp³-hybridized carbons (Fsp3) is 0.417. The zero-order valence-corrected chi connectivity index (χ0v) is 25.8. The molecule has 4 aliphatic carbocycles. The number of anilines is 2. The monoisotopic (exact) mass is 594 g/mol. The zero-order valence-electron chi connectivity index (χ0n) is 25.8. The molecule has 2 amide bonds. The predicted octanol–water partition coefficient (Wildman–Crippen LogP) is 6.40. The van der Waals surface area contributed by atoms with Crippen LogP contribution in [-0.4, -0.2) is 45.3 Å². The second-order valence-electron chi connectivity index (χ2n) is 12.9. The van der Waals surface area contributed by atoms with Gasteiger partial charge in [0.25, 0.3) is 11.8 Å². The van der Waals surface area contributed by atoms with Gasteiger partial charge in [0.05, 0.1) is 12.8 Å². The molecule has 0 saturated heterocycles. The quantitative estimate of drug-likeness (QED) is 0.198. The molecule has 4 saturated carbocycles. The number of rotatable bonds is 11. The van der Waals surface area contributed by atoms with Crippen molar-refractivity contribution >= 4 is 29.4 Å². The van der Waals surface area contributed by atoms with Gasteiger partial charge in [-0.3, -0.25) is 9.59 Å². The van der Waals surface area contributed by atoms with Crippen molar-refractivity contribution in [3.05, 3.63) is 83.4 Å². The van der Waals surface area contributed by atoms with Crippen LogP contribution in [0.25, 0.3) is 0 Å². The van der Waals surface area contributed by atoms with Crippen molar-refractivity contribution in [3.63, 3.8) is 0 Å². The normalized spacial score (nSPS) is 23.4. The Morgan fingerprint density at radius 3 is 2.27 bits per heavy atom. The summed E-state index contributed by atoms with van der Waals surface area (Å²) in [6.07, 6.45) is 9.81. The third-order valence-corrected chi connectivity index (χ3v) is 9.45. The van der Waals surface area contributed by atoms with E-state index in [0.29, 0.717) is 34.6 Å². The van der Waals surface area contributed by atoms with Crippen molar-refractivity contribution < 1.29 is 19.1 Å². The van der Waals surface area contributed by atoms with E-state index in [9.17, 15) is 9.59 Å². The van der Waals surface area contributed by atoms with E-state index >= 15 is 0 Å². The highest BCUT2D eigenvalue weighted by molar-refractivity contribution is 5.96. The van der Waals surface area contributed by atoms with E-state index < -0.39 is 0 Å². The highest BCUT2D eigenvalue weighted by Gasteiger charge is 2.51. The molecule has 230 valence electrons. The van der Waals surface area contributed by atoms with Gasteiger partial charge >= 0.3 is 0 Å². The summed E-state index contributed by atoms with van der Waals surface area (Å²) >= 11 is 0. The molecule has 3 aromatic rings. The summed E-state index contributed by atoms with van der Waals surface area (Å²) in [5, 5.41) is 7.07. The number of hydrazone groups is 1. The molecule has 0 unspecified atom stereocenters. The molecule has 44 heavy (non-hydrogen) atoms. The molecule has 0 heterocycles. The SMILES string of the molecule is CCOc1cc(/C=N\NC(=O)c2cccc(N(C)C)c2)ccc1OCC(=O)Nc1ccc(C23CC4CC(CC(C4)C2)C3)cc1. The standard InChI is InChI=1S/C36H42N4O4/c1-4-43-33-17-24(22-37-39-35(42)28-6-5-7-31(18-28)40(2)3)8-13-32(33)44-23-34(41)38-30-11-9-29(10-12-30)36-19-25-14-26(20-36)16-27(15-25)21-36/h5-13,17-18,22,25-27H,4,14-16,19-21,23H2,1-3H3,(H,38,41)(H,39,42)/b37-22-. The fourth-order valence-electron chi connectivity index (χ4n) is 7.86. The van der Waals surface area contributed by atoms with Gasteiger partial charge in [0.2, 0.25) is 0 Å². The van der Waals surface area contributed by atoms with Crippen molar-refractivity contribution in [1.29, 1.82) is 0 Å². The van der Waals surface area contributed by atoms with Gasteiger partial charge in [-0.1, -0.05) is 18.2 Å². The van der Waals surface area contributed by atoms with Crippen molar-refractivity contribution in [2.45, 2.75) is 50.9 Å². The summed E-state index contributed by atoms with van der Waals surface area (Å²) in [6, 6.07) is 21.1. The average Bonchev–Trinajstić information content (AvgIpc) is 3.00. The third-order valence-electron chi connectivity index (χ3n) is 9.45. The van der Waals surface area contributed by atoms with E-state index in [-0.39, 0.29) is 18.4 Å². The second-order valence-corrected chi connectivity index (χ2v) is 12.9. The Morgan fingerprint density at radius 1 is 0.909 bits per heavy atom. The lowest BCUT2D eigenvalue weighted by atomic mass is 9.48. The molecule has 4 bridgehead atoms. The van der Waals surface area contributed by atoms with Crippen LogP contribution >= 0.6 is 0 Å². The van der Waals surface area contributed by atoms with Gasteiger partial charge in [-0.15, -0.1) is 0 Å². The minimum absolute atomic E-state index is 0.147. The minimum atomic E-state index is -0.302. The second kappa shape index (κ2) is 12.7. The Bertz CT molecular complexity index is 1500. The smallest absolute Gasteiger partial charge is 0.271 e. The Balaban J connectivity index is 1.03. The van der Waals surface area contributed by atoms with Crippen molar-refractivity contribution in [2.24, 2.45) is 22.9 Å². The zero-order chi connectivity index (χ0) is 30.7. The van der Waals surface area contributed by atoms with E-state index in [1.54, 1.807) is 36.5 Å². The fourth-order valence-corrected chi connectivity index (χ4v) is 7.86. The van der Waals surface area contributed by atoms with E-state index in [1.807, 2.05) is 50.2 Å². The molecular formula is C36H42N4O4. The molecule has 0 atom stereocenters. The summed E-state index contributed by atoms with van der Waals surface area (Å²) in [7, 11) is 3.84.